The number of halogens is 6. The molecule has 0 amide bonds. The van der Waals surface area contributed by atoms with Crippen molar-refractivity contribution in [2.24, 2.45) is 0 Å². The fourth-order valence-electron chi connectivity index (χ4n) is 10.4. The molecule has 0 bridgehead atoms. The Hall–Kier alpha value is -9.25. The Labute approximate surface area is 526 Å². The molecule has 21 nitrogen and oxygen atoms in total. The average molecular weight is 1280 g/mol. The first-order chi connectivity index (χ1) is 43.7. The zero-order valence-corrected chi connectivity index (χ0v) is 52.1. The SMILES string of the molecule is C[C@H]1CNCCN1.Cc1nc2c(F)cc(-c3cc(=O)n4cc(F)ccc4n3)cc2o1.Cc1nc2c(F)cc(-c3cc(=O)n4cc(N5CCN[C@@H](C)C5)ccc4n3)cc2o1.Cc1nc2c(F)cc(B3OC(C)(C)C(C)(C)O3)cc2o1.O=c1cc(Cl)nc2ccc(F)cn12. The quantitative estimate of drug-likeness (QED) is 0.0844. The van der Waals surface area contributed by atoms with Gasteiger partial charge in [-0.2, -0.15) is 0 Å². The molecule has 3 aliphatic heterocycles. The van der Waals surface area contributed by atoms with E-state index in [1.807, 2.05) is 46.0 Å². The van der Waals surface area contributed by atoms with E-state index in [0.29, 0.717) is 74.5 Å². The number of hydrogen-bond donors (Lipinski definition) is 3. The van der Waals surface area contributed by atoms with Crippen molar-refractivity contribution in [2.45, 2.75) is 85.6 Å². The van der Waals surface area contributed by atoms with Crippen LogP contribution in [-0.2, 0) is 9.31 Å². The number of aryl methyl sites for hydroxylation is 3. The molecule has 3 saturated heterocycles. The van der Waals surface area contributed by atoms with Crippen molar-refractivity contribution in [2.75, 3.05) is 44.2 Å². The Bertz CT molecular complexity index is 4940. The zero-order chi connectivity index (χ0) is 65.5. The highest BCUT2D eigenvalue weighted by molar-refractivity contribution is 6.62. The van der Waals surface area contributed by atoms with Crippen molar-refractivity contribution in [3.8, 4) is 22.5 Å². The number of oxazole rings is 3. The second kappa shape index (κ2) is 26.2. The Balaban J connectivity index is 0.000000125. The lowest BCUT2D eigenvalue weighted by Gasteiger charge is -2.33. The van der Waals surface area contributed by atoms with Crippen LogP contribution in [0, 0.1) is 49.9 Å². The number of anilines is 1. The number of hydrogen-bond acceptors (Lipinski definition) is 18. The first kappa shape index (κ1) is 64.3. The molecule has 12 heterocycles. The molecule has 3 fully saturated rings. The molecule has 0 saturated carbocycles. The standard InChI is InChI=1S/C21H20FN5O2.C16H9F2N3O2.C14H17BFNO3.C8H4ClFN2O.C5H12N2/c1-12-10-26(6-5-23-12)15-3-4-19-25-17(9-20(28)27(19)11-15)14-7-16(22)21-18(8-14)29-13(2)24-21;1-8-19-16-11(18)4-9(5-13(16)23-8)12-6-15(22)21-7-10(17)2-3-14(21)20-12;1-8-17-12-10(16)6-9(7-11(12)18-8)15-19-13(2,3)14(4,5)20-15;9-6-3-8(13)12-4-5(10)1-2-7(12)11-6;1-5-4-6-2-3-7-5/h3-4,7-9,11-12,23H,5-6,10H2,1-2H3;2-7H,1H3;6-7H,1-5H3;1-4H;5-7H,2-4H2,1H3/t12-;;;;5-/m0...0/s1. The van der Waals surface area contributed by atoms with Gasteiger partial charge in [0.25, 0.3) is 16.7 Å². The second-order valence-electron chi connectivity index (χ2n) is 23.2. The lowest BCUT2D eigenvalue weighted by Crippen LogP contribution is -2.49. The summed E-state index contributed by atoms with van der Waals surface area (Å²) in [7, 11) is -0.607. The summed E-state index contributed by atoms with van der Waals surface area (Å²) in [6.45, 7) is 23.2. The summed E-state index contributed by atoms with van der Waals surface area (Å²) in [6, 6.07) is 22.7. The molecule has 0 spiro atoms. The third kappa shape index (κ3) is 14.1. The summed E-state index contributed by atoms with van der Waals surface area (Å²) in [5.41, 5.74) is 3.80. The highest BCUT2D eigenvalue weighted by atomic mass is 35.5. The summed E-state index contributed by atoms with van der Waals surface area (Å²) in [5, 5.41) is 10.1. The lowest BCUT2D eigenvalue weighted by molar-refractivity contribution is 0.00578. The summed E-state index contributed by atoms with van der Waals surface area (Å²) < 4.78 is 100. The molecule has 28 heteroatoms. The smallest absolute Gasteiger partial charge is 0.441 e. The first-order valence-electron chi connectivity index (χ1n) is 29.3. The molecular formula is C64H62BClF5N13O8. The molecule has 15 rings (SSSR count). The van der Waals surface area contributed by atoms with Crippen molar-refractivity contribution in [3.63, 3.8) is 0 Å². The zero-order valence-electron chi connectivity index (χ0n) is 51.4. The third-order valence-corrected chi connectivity index (χ3v) is 15.8. The van der Waals surface area contributed by atoms with Gasteiger partial charge in [-0.15, -0.1) is 0 Å². The van der Waals surface area contributed by atoms with Gasteiger partial charge in [-0.25, -0.2) is 51.9 Å². The first-order valence-corrected chi connectivity index (χ1v) is 29.7. The monoisotopic (exact) mass is 1280 g/mol. The number of pyridine rings is 3. The van der Waals surface area contributed by atoms with E-state index in [1.54, 1.807) is 39.0 Å². The van der Waals surface area contributed by atoms with Crippen LogP contribution in [0.4, 0.5) is 27.6 Å². The van der Waals surface area contributed by atoms with Crippen molar-refractivity contribution < 1.29 is 44.5 Å². The number of nitrogens with one attached hydrogen (secondary N) is 3. The van der Waals surface area contributed by atoms with Crippen molar-refractivity contribution in [3.05, 3.63) is 193 Å². The molecular weight excluding hydrogens is 1220 g/mol. The summed E-state index contributed by atoms with van der Waals surface area (Å²) in [4.78, 5) is 63.0. The Morgan fingerprint density at radius 1 is 0.533 bits per heavy atom. The number of nitrogens with zero attached hydrogens (tertiary/aromatic N) is 10. The van der Waals surface area contributed by atoms with Crippen LogP contribution < -0.4 is 43.0 Å². The van der Waals surface area contributed by atoms with Gasteiger partial charge in [0.15, 0.2) is 51.9 Å². The predicted octanol–water partition coefficient (Wildman–Crippen LogP) is 9.47. The minimum atomic E-state index is -0.607. The van der Waals surface area contributed by atoms with E-state index in [2.05, 4.69) is 64.6 Å². The molecule has 0 unspecified atom stereocenters. The highest BCUT2D eigenvalue weighted by Crippen LogP contribution is 2.37. The maximum atomic E-state index is 14.4. The Kier molecular flexibility index (Phi) is 18.3. The van der Waals surface area contributed by atoms with Crippen molar-refractivity contribution >= 4 is 80.1 Å². The van der Waals surface area contributed by atoms with E-state index in [-0.39, 0.29) is 44.2 Å². The van der Waals surface area contributed by atoms with Crippen LogP contribution in [0.15, 0.2) is 137 Å². The van der Waals surface area contributed by atoms with Crippen LogP contribution in [0.3, 0.4) is 0 Å². The number of rotatable bonds is 4. The van der Waals surface area contributed by atoms with Gasteiger partial charge in [-0.3, -0.25) is 27.6 Å². The molecule has 0 aliphatic carbocycles. The Morgan fingerprint density at radius 3 is 1.47 bits per heavy atom. The number of aromatic nitrogens is 9. The summed E-state index contributed by atoms with van der Waals surface area (Å²) >= 11 is 5.55. The normalized spacial score (nSPS) is 16.9. The van der Waals surface area contributed by atoms with E-state index in [9.17, 15) is 36.3 Å². The van der Waals surface area contributed by atoms with Gasteiger partial charge in [0.1, 0.15) is 50.3 Å². The minimum Gasteiger partial charge on any atom is -0.441 e. The van der Waals surface area contributed by atoms with Gasteiger partial charge < -0.3 is 43.4 Å². The molecule has 476 valence electrons. The number of piperazine rings is 2. The van der Waals surface area contributed by atoms with Crippen LogP contribution >= 0.6 is 11.6 Å². The third-order valence-electron chi connectivity index (χ3n) is 15.6. The van der Waals surface area contributed by atoms with Crippen molar-refractivity contribution in [1.82, 2.24) is 59.1 Å². The van der Waals surface area contributed by atoms with E-state index in [4.69, 9.17) is 34.2 Å². The number of fused-ring (bicyclic) bond motifs is 6. The van der Waals surface area contributed by atoms with Gasteiger partial charge >= 0.3 is 7.12 Å². The van der Waals surface area contributed by atoms with Crippen LogP contribution in [0.25, 0.3) is 72.8 Å². The Morgan fingerprint density at radius 2 is 0.989 bits per heavy atom. The lowest BCUT2D eigenvalue weighted by atomic mass is 9.79. The van der Waals surface area contributed by atoms with E-state index >= 15 is 0 Å². The van der Waals surface area contributed by atoms with E-state index < -0.39 is 58.5 Å². The summed E-state index contributed by atoms with van der Waals surface area (Å²) in [5.74, 6) is -1.35. The van der Waals surface area contributed by atoms with Crippen LogP contribution in [-0.4, -0.2) is 113 Å². The average Bonchev–Trinajstić information content (AvgIpc) is 1.45. The molecule has 3 aromatic carbocycles. The highest BCUT2D eigenvalue weighted by Gasteiger charge is 2.52. The van der Waals surface area contributed by atoms with Crippen molar-refractivity contribution in [1.29, 1.82) is 0 Å². The van der Waals surface area contributed by atoms with Gasteiger partial charge in [0, 0.05) is 120 Å². The van der Waals surface area contributed by atoms with Gasteiger partial charge in [0.2, 0.25) is 0 Å². The number of benzene rings is 3. The second-order valence-corrected chi connectivity index (χ2v) is 23.6. The molecule has 0 radical (unpaired) electrons. The van der Waals surface area contributed by atoms with Gasteiger partial charge in [0.05, 0.1) is 28.3 Å². The largest absolute Gasteiger partial charge is 0.495 e. The topological polar surface area (TPSA) is 239 Å². The maximum absolute atomic E-state index is 14.4. The molecule has 12 aromatic rings. The fraction of sp³-hybridized carbons (Fsp3) is 0.297. The van der Waals surface area contributed by atoms with E-state index in [1.165, 1.54) is 59.0 Å². The molecule has 9 aromatic heterocycles. The van der Waals surface area contributed by atoms with E-state index in [0.717, 1.165) is 72.2 Å². The van der Waals surface area contributed by atoms with Crippen LogP contribution in [0.1, 0.15) is 59.2 Å². The van der Waals surface area contributed by atoms with Gasteiger partial charge in [-0.1, -0.05) is 11.6 Å². The summed E-state index contributed by atoms with van der Waals surface area (Å²) in [6.07, 6.45) is 3.94. The van der Waals surface area contributed by atoms with Crippen LogP contribution in [0.2, 0.25) is 5.15 Å². The van der Waals surface area contributed by atoms with Gasteiger partial charge in [-0.05, 0) is 120 Å². The predicted molar refractivity (Wildman–Crippen MR) is 339 cm³/mol. The van der Waals surface area contributed by atoms with Crippen LogP contribution in [0.5, 0.6) is 0 Å². The minimum absolute atomic E-state index is 0.108. The maximum Gasteiger partial charge on any atom is 0.495 e. The molecule has 92 heavy (non-hydrogen) atoms. The molecule has 2 atom stereocenters. The molecule has 3 N–H and O–H groups in total. The fourth-order valence-corrected chi connectivity index (χ4v) is 10.6. The molecule has 3 aliphatic rings.